The van der Waals surface area contributed by atoms with Crippen molar-refractivity contribution in [2.75, 3.05) is 33.4 Å². The van der Waals surface area contributed by atoms with Crippen molar-refractivity contribution in [1.29, 1.82) is 0 Å². The summed E-state index contributed by atoms with van der Waals surface area (Å²) in [6.07, 6.45) is 1.04. The van der Waals surface area contributed by atoms with Crippen LogP contribution >= 0.6 is 0 Å². The first kappa shape index (κ1) is 11.5. The monoisotopic (exact) mass is 200 g/mol. The quantitative estimate of drug-likeness (QED) is 0.699. The summed E-state index contributed by atoms with van der Waals surface area (Å²) in [5.74, 6) is 0.660. The van der Waals surface area contributed by atoms with Crippen molar-refractivity contribution in [3.63, 3.8) is 0 Å². The van der Waals surface area contributed by atoms with Crippen molar-refractivity contribution in [2.45, 2.75) is 13.3 Å². The fourth-order valence-corrected chi connectivity index (χ4v) is 1.86. The summed E-state index contributed by atoms with van der Waals surface area (Å²) in [5.41, 5.74) is 5.57. The fraction of sp³-hybridized carbons (Fsp3) is 0.900. The molecule has 1 aliphatic rings. The lowest BCUT2D eigenvalue weighted by Crippen LogP contribution is -2.35. The van der Waals surface area contributed by atoms with Crippen LogP contribution in [0.2, 0.25) is 0 Å². The Morgan fingerprint density at radius 2 is 2.43 bits per heavy atom. The van der Waals surface area contributed by atoms with Crippen LogP contribution in [0.25, 0.3) is 0 Å². The first-order valence-electron chi connectivity index (χ1n) is 5.16. The third kappa shape index (κ3) is 2.69. The summed E-state index contributed by atoms with van der Waals surface area (Å²) in [6, 6.07) is 0. The van der Waals surface area contributed by atoms with Crippen molar-refractivity contribution in [3.8, 4) is 0 Å². The number of nitrogens with zero attached hydrogens (tertiary/aromatic N) is 1. The molecule has 0 aliphatic carbocycles. The van der Waals surface area contributed by atoms with Crippen LogP contribution in [0.3, 0.4) is 0 Å². The van der Waals surface area contributed by atoms with Crippen molar-refractivity contribution >= 4 is 5.91 Å². The van der Waals surface area contributed by atoms with Gasteiger partial charge in [0.15, 0.2) is 0 Å². The summed E-state index contributed by atoms with van der Waals surface area (Å²) >= 11 is 0. The van der Waals surface area contributed by atoms with Crippen LogP contribution in [0.4, 0.5) is 0 Å². The van der Waals surface area contributed by atoms with Gasteiger partial charge >= 0.3 is 0 Å². The average molecular weight is 200 g/mol. The minimum Gasteiger partial charge on any atom is -0.384 e. The minimum absolute atomic E-state index is 0.0310. The lowest BCUT2D eigenvalue weighted by atomic mass is 10.1. The van der Waals surface area contributed by atoms with Gasteiger partial charge in [0.25, 0.3) is 0 Å². The SMILES string of the molecule is COCC(C)C(=O)N1CCC(CN)C1. The topological polar surface area (TPSA) is 55.6 Å². The van der Waals surface area contributed by atoms with Gasteiger partial charge in [0.2, 0.25) is 5.91 Å². The molecule has 4 heteroatoms. The molecule has 0 spiro atoms. The molecule has 0 aromatic carbocycles. The van der Waals surface area contributed by atoms with E-state index in [0.29, 0.717) is 19.1 Å². The Balaban J connectivity index is 2.38. The second-order valence-corrected chi connectivity index (χ2v) is 4.03. The van der Waals surface area contributed by atoms with E-state index in [1.165, 1.54) is 0 Å². The Morgan fingerprint density at radius 1 is 1.71 bits per heavy atom. The Labute approximate surface area is 85.4 Å². The highest BCUT2D eigenvalue weighted by Crippen LogP contribution is 2.17. The highest BCUT2D eigenvalue weighted by atomic mass is 16.5. The number of likely N-dealkylation sites (tertiary alicyclic amines) is 1. The van der Waals surface area contributed by atoms with Gasteiger partial charge in [-0.25, -0.2) is 0 Å². The Hall–Kier alpha value is -0.610. The molecule has 0 radical (unpaired) electrons. The van der Waals surface area contributed by atoms with Crippen LogP contribution in [0, 0.1) is 11.8 Å². The van der Waals surface area contributed by atoms with E-state index in [2.05, 4.69) is 0 Å². The van der Waals surface area contributed by atoms with Crippen LogP contribution in [0.5, 0.6) is 0 Å². The van der Waals surface area contributed by atoms with Gasteiger partial charge in [-0.2, -0.15) is 0 Å². The molecule has 82 valence electrons. The molecule has 0 aromatic heterocycles. The molecule has 1 amide bonds. The highest BCUT2D eigenvalue weighted by molar-refractivity contribution is 5.78. The molecule has 14 heavy (non-hydrogen) atoms. The molecule has 1 saturated heterocycles. The minimum atomic E-state index is -0.0310. The van der Waals surface area contributed by atoms with Gasteiger partial charge in [0.1, 0.15) is 0 Å². The van der Waals surface area contributed by atoms with Crippen LogP contribution in [-0.4, -0.2) is 44.2 Å². The summed E-state index contributed by atoms with van der Waals surface area (Å²) in [4.78, 5) is 13.7. The second-order valence-electron chi connectivity index (χ2n) is 4.03. The Kier molecular flexibility index (Phi) is 4.35. The molecular weight excluding hydrogens is 180 g/mol. The molecule has 1 aliphatic heterocycles. The maximum absolute atomic E-state index is 11.8. The zero-order valence-corrected chi connectivity index (χ0v) is 9.03. The predicted octanol–water partition coefficient (Wildman–Crippen LogP) is 0.0761. The van der Waals surface area contributed by atoms with Gasteiger partial charge in [-0.3, -0.25) is 4.79 Å². The van der Waals surface area contributed by atoms with Gasteiger partial charge < -0.3 is 15.4 Å². The fourth-order valence-electron chi connectivity index (χ4n) is 1.86. The van der Waals surface area contributed by atoms with Gasteiger partial charge in [-0.1, -0.05) is 6.92 Å². The number of rotatable bonds is 4. The highest BCUT2D eigenvalue weighted by Gasteiger charge is 2.27. The summed E-state index contributed by atoms with van der Waals surface area (Å²) in [7, 11) is 1.62. The molecule has 1 heterocycles. The van der Waals surface area contributed by atoms with Gasteiger partial charge in [-0.05, 0) is 18.9 Å². The largest absolute Gasteiger partial charge is 0.384 e. The standard InChI is InChI=1S/C10H20N2O2/c1-8(7-14-2)10(13)12-4-3-9(5-11)6-12/h8-9H,3-7,11H2,1-2H3. The van der Waals surface area contributed by atoms with Gasteiger partial charge in [0, 0.05) is 20.2 Å². The van der Waals surface area contributed by atoms with Crippen molar-refractivity contribution in [3.05, 3.63) is 0 Å². The van der Waals surface area contributed by atoms with Crippen molar-refractivity contribution in [1.82, 2.24) is 4.90 Å². The first-order valence-corrected chi connectivity index (χ1v) is 5.16. The molecule has 0 aromatic rings. The third-order valence-electron chi connectivity index (χ3n) is 2.77. The van der Waals surface area contributed by atoms with Crippen molar-refractivity contribution in [2.24, 2.45) is 17.6 Å². The number of nitrogens with two attached hydrogens (primary N) is 1. The summed E-state index contributed by atoms with van der Waals surface area (Å²) in [6.45, 7) is 4.77. The zero-order valence-electron chi connectivity index (χ0n) is 9.03. The number of ether oxygens (including phenoxy) is 1. The molecule has 0 bridgehead atoms. The van der Waals surface area contributed by atoms with E-state index in [1.54, 1.807) is 7.11 Å². The maximum atomic E-state index is 11.8. The number of methoxy groups -OCH3 is 1. The lowest BCUT2D eigenvalue weighted by molar-refractivity contribution is -0.135. The Morgan fingerprint density at radius 3 is 2.93 bits per heavy atom. The third-order valence-corrected chi connectivity index (χ3v) is 2.77. The van der Waals surface area contributed by atoms with Gasteiger partial charge in [-0.15, -0.1) is 0 Å². The first-order chi connectivity index (χ1) is 6.69. The molecular formula is C10H20N2O2. The smallest absolute Gasteiger partial charge is 0.227 e. The van der Waals surface area contributed by atoms with E-state index in [9.17, 15) is 4.79 Å². The number of hydrogen-bond donors (Lipinski definition) is 1. The molecule has 1 fully saturated rings. The molecule has 2 unspecified atom stereocenters. The molecule has 2 N–H and O–H groups in total. The molecule has 0 saturated carbocycles. The van der Waals surface area contributed by atoms with E-state index in [0.717, 1.165) is 19.5 Å². The summed E-state index contributed by atoms with van der Waals surface area (Å²) < 4.78 is 4.97. The van der Waals surface area contributed by atoms with Crippen LogP contribution in [-0.2, 0) is 9.53 Å². The number of amides is 1. The lowest BCUT2D eigenvalue weighted by Gasteiger charge is -2.20. The zero-order chi connectivity index (χ0) is 10.6. The van der Waals surface area contributed by atoms with Crippen LogP contribution in [0.1, 0.15) is 13.3 Å². The van der Waals surface area contributed by atoms with E-state index in [-0.39, 0.29) is 11.8 Å². The van der Waals surface area contributed by atoms with E-state index in [4.69, 9.17) is 10.5 Å². The summed E-state index contributed by atoms with van der Waals surface area (Å²) in [5, 5.41) is 0. The number of hydrogen-bond acceptors (Lipinski definition) is 3. The molecule has 1 rings (SSSR count). The van der Waals surface area contributed by atoms with E-state index < -0.39 is 0 Å². The van der Waals surface area contributed by atoms with Crippen LogP contribution < -0.4 is 5.73 Å². The number of carbonyl (C=O) groups is 1. The Bertz CT molecular complexity index is 197. The second kappa shape index (κ2) is 5.32. The van der Waals surface area contributed by atoms with Crippen LogP contribution in [0.15, 0.2) is 0 Å². The average Bonchev–Trinajstić information content (AvgIpc) is 2.65. The van der Waals surface area contributed by atoms with Crippen molar-refractivity contribution < 1.29 is 9.53 Å². The maximum Gasteiger partial charge on any atom is 0.227 e. The normalized spacial score (nSPS) is 23.9. The van der Waals surface area contributed by atoms with Gasteiger partial charge in [0.05, 0.1) is 12.5 Å². The van der Waals surface area contributed by atoms with E-state index in [1.807, 2.05) is 11.8 Å². The number of carbonyl (C=O) groups excluding carboxylic acids is 1. The van der Waals surface area contributed by atoms with E-state index >= 15 is 0 Å². The molecule has 2 atom stereocenters. The predicted molar refractivity (Wildman–Crippen MR) is 54.8 cm³/mol. The molecule has 4 nitrogen and oxygen atoms in total.